The molecule has 5 nitrogen and oxygen atoms in total. The van der Waals surface area contributed by atoms with E-state index in [1.165, 1.54) is 39.1 Å². The number of rotatable bonds is 9. The van der Waals surface area contributed by atoms with Crippen LogP contribution in [-0.4, -0.2) is 14.5 Å². The van der Waals surface area contributed by atoms with Crippen LogP contribution < -0.4 is 0 Å². The van der Waals surface area contributed by atoms with E-state index in [-0.39, 0.29) is 31.9 Å². The van der Waals surface area contributed by atoms with Gasteiger partial charge in [-0.05, 0) is 104 Å². The molecule has 1 radical (unpaired) electrons. The van der Waals surface area contributed by atoms with Gasteiger partial charge in [0.25, 0.3) is 0 Å². The number of furan rings is 1. The van der Waals surface area contributed by atoms with Gasteiger partial charge in [0, 0.05) is 37.4 Å². The van der Waals surface area contributed by atoms with Crippen LogP contribution in [0.5, 0.6) is 0 Å². The molecule has 0 atom stereocenters. The summed E-state index contributed by atoms with van der Waals surface area (Å²) in [6.45, 7) is 16.1. The molecule has 355 valence electrons. The van der Waals surface area contributed by atoms with Crippen molar-refractivity contribution in [3.8, 4) is 72.8 Å². The topological polar surface area (TPSA) is 48.2 Å². The quantitative estimate of drug-likeness (QED) is 0.135. The Bertz CT molecular complexity index is 3880. The standard InChI is InChI=1S/C49H39N2O.C18H11N2.Ir/c1-31(2)42-28-38(36-24-22-35(23-25-36)33-14-7-5-8-15-33)29-43(32(3)4)47(42)51-45-21-12-11-20-44(45)50-49(51)41-19-13-18-40-39-27-26-37(30-46(39)52-48(40)41)34-16-9-6-10-17-34;1-19-17-10-8-14(9-11-17)15-5-4-6-16(13-15)18-7-2-3-12-20-18;/h5-18,20-32H,1-4H3;2-5,7-13H;/q2*-1;. The Labute approximate surface area is 440 Å². The van der Waals surface area contributed by atoms with Gasteiger partial charge in [0.05, 0.1) is 29.0 Å². The van der Waals surface area contributed by atoms with Gasteiger partial charge in [-0.3, -0.25) is 4.98 Å². The van der Waals surface area contributed by atoms with Crippen molar-refractivity contribution in [1.82, 2.24) is 14.5 Å². The molecule has 0 aliphatic carbocycles. The summed E-state index contributed by atoms with van der Waals surface area (Å²) in [5.74, 6) is 1.35. The predicted octanol–water partition coefficient (Wildman–Crippen LogP) is 18.4. The summed E-state index contributed by atoms with van der Waals surface area (Å²) in [5, 5.41) is 2.14. The van der Waals surface area contributed by atoms with Crippen molar-refractivity contribution in [3.63, 3.8) is 0 Å². The number of para-hydroxylation sites is 2. The third-order valence-electron chi connectivity index (χ3n) is 13.4. The maximum absolute atomic E-state index is 6.98. The summed E-state index contributed by atoms with van der Waals surface area (Å²) in [6.07, 6.45) is 1.78. The summed E-state index contributed by atoms with van der Waals surface area (Å²) in [5.41, 5.74) is 20.1. The van der Waals surface area contributed by atoms with Crippen LogP contribution in [-0.2, 0) is 20.1 Å². The van der Waals surface area contributed by atoms with E-state index in [0.717, 1.165) is 77.9 Å². The molecule has 0 bridgehead atoms. The smallest absolute Gasteiger partial charge is 0.187 e. The molecule has 6 heteroatoms. The van der Waals surface area contributed by atoms with Gasteiger partial charge < -0.3 is 14.0 Å². The van der Waals surface area contributed by atoms with Gasteiger partial charge in [-0.15, -0.1) is 53.6 Å². The number of fused-ring (bicyclic) bond motifs is 4. The van der Waals surface area contributed by atoms with Gasteiger partial charge in [-0.1, -0.05) is 184 Å². The first-order valence-corrected chi connectivity index (χ1v) is 24.5. The second kappa shape index (κ2) is 21.1. The number of aromatic nitrogens is 3. The van der Waals surface area contributed by atoms with Gasteiger partial charge in [0.1, 0.15) is 5.58 Å². The molecular weight excluding hydrogens is 1070 g/mol. The molecule has 0 aliphatic rings. The van der Waals surface area contributed by atoms with Gasteiger partial charge in [-0.25, -0.2) is 4.85 Å². The van der Waals surface area contributed by atoms with Crippen LogP contribution in [0.1, 0.15) is 50.7 Å². The minimum absolute atomic E-state index is 0. The van der Waals surface area contributed by atoms with Gasteiger partial charge in [0.2, 0.25) is 0 Å². The molecule has 0 fully saturated rings. The molecular formula is C67H50IrN4O-2. The van der Waals surface area contributed by atoms with Crippen molar-refractivity contribution in [1.29, 1.82) is 0 Å². The van der Waals surface area contributed by atoms with Crippen molar-refractivity contribution in [3.05, 3.63) is 253 Å². The largest absolute Gasteiger partial charge is 0.501 e. The maximum Gasteiger partial charge on any atom is 0.187 e. The first-order valence-electron chi connectivity index (χ1n) is 24.5. The Hall–Kier alpha value is -8.46. The Kier molecular flexibility index (Phi) is 13.9. The second-order valence-corrected chi connectivity index (χ2v) is 18.7. The van der Waals surface area contributed by atoms with E-state index < -0.39 is 0 Å². The van der Waals surface area contributed by atoms with E-state index in [1.54, 1.807) is 6.20 Å². The number of hydrogen-bond acceptors (Lipinski definition) is 3. The zero-order chi connectivity index (χ0) is 49.1. The Morgan fingerprint density at radius 3 is 1.74 bits per heavy atom. The van der Waals surface area contributed by atoms with Gasteiger partial charge in [0.15, 0.2) is 5.69 Å². The fraction of sp³-hybridized carbons (Fsp3) is 0.0896. The molecule has 3 aromatic heterocycles. The first-order chi connectivity index (χ1) is 35.3. The minimum atomic E-state index is 0. The fourth-order valence-corrected chi connectivity index (χ4v) is 9.65. The van der Waals surface area contributed by atoms with E-state index in [1.807, 2.05) is 66.7 Å². The zero-order valence-corrected chi connectivity index (χ0v) is 43.4. The van der Waals surface area contributed by atoms with Crippen molar-refractivity contribution >= 4 is 38.7 Å². The van der Waals surface area contributed by atoms with Crippen LogP contribution in [0.4, 0.5) is 5.69 Å². The van der Waals surface area contributed by atoms with Crippen molar-refractivity contribution < 1.29 is 24.5 Å². The van der Waals surface area contributed by atoms with Crippen molar-refractivity contribution in [2.45, 2.75) is 39.5 Å². The van der Waals surface area contributed by atoms with Crippen molar-refractivity contribution in [2.24, 2.45) is 0 Å². The molecule has 0 aliphatic heterocycles. The maximum atomic E-state index is 6.98. The van der Waals surface area contributed by atoms with Gasteiger partial charge >= 0.3 is 0 Å². The normalized spacial score (nSPS) is 11.1. The summed E-state index contributed by atoms with van der Waals surface area (Å²) in [6, 6.07) is 80.0. The Morgan fingerprint density at radius 2 is 1.08 bits per heavy atom. The Balaban J connectivity index is 0.000000244. The molecule has 0 N–H and O–H groups in total. The molecule has 0 amide bonds. The van der Waals surface area contributed by atoms with Crippen molar-refractivity contribution in [2.75, 3.05) is 0 Å². The number of imidazole rings is 1. The van der Waals surface area contributed by atoms with E-state index in [4.69, 9.17) is 16.0 Å². The molecule has 0 saturated heterocycles. The fourth-order valence-electron chi connectivity index (χ4n) is 9.65. The predicted molar refractivity (Wildman–Crippen MR) is 297 cm³/mol. The molecule has 12 rings (SSSR count). The molecule has 12 aromatic rings. The molecule has 3 heterocycles. The van der Waals surface area contributed by atoms with Crippen LogP contribution in [0.3, 0.4) is 0 Å². The van der Waals surface area contributed by atoms with Crippen LogP contribution in [0.15, 0.2) is 223 Å². The average molecular weight is 1120 g/mol. The summed E-state index contributed by atoms with van der Waals surface area (Å²) < 4.78 is 9.15. The zero-order valence-electron chi connectivity index (χ0n) is 41.0. The number of hydrogen-bond donors (Lipinski definition) is 0. The number of benzene rings is 9. The van der Waals surface area contributed by atoms with E-state index in [9.17, 15) is 0 Å². The van der Waals surface area contributed by atoms with E-state index in [0.29, 0.717) is 5.69 Å². The van der Waals surface area contributed by atoms with E-state index in [2.05, 4.69) is 200 Å². The number of pyridine rings is 1. The van der Waals surface area contributed by atoms with E-state index >= 15 is 0 Å². The van der Waals surface area contributed by atoms with Crippen LogP contribution in [0.2, 0.25) is 0 Å². The summed E-state index contributed by atoms with van der Waals surface area (Å²) in [4.78, 5) is 13.1. The monoisotopic (exact) mass is 1120 g/mol. The molecule has 0 saturated carbocycles. The first kappa shape index (κ1) is 48.2. The number of nitrogens with zero attached hydrogens (tertiary/aromatic N) is 4. The minimum Gasteiger partial charge on any atom is -0.501 e. The van der Waals surface area contributed by atoms with Crippen LogP contribution in [0.25, 0.3) is 111 Å². The van der Waals surface area contributed by atoms with Gasteiger partial charge in [-0.2, -0.15) is 0 Å². The summed E-state index contributed by atoms with van der Waals surface area (Å²) in [7, 11) is 0. The second-order valence-electron chi connectivity index (χ2n) is 18.7. The molecule has 9 aromatic carbocycles. The SMILES string of the molecule is CC(C)c1cc(-c2ccc(-c3ccccc3)cc2)cc(C(C)C)c1-n1c(-c2[c-]ccc3c2oc2cc(-c4ccccc4)ccc23)nc2ccccc21.[C-]#[N+]c1ccc(-c2cc[c-]c(-c3ccccn3)c2)cc1.[Ir]. The summed E-state index contributed by atoms with van der Waals surface area (Å²) >= 11 is 0. The molecule has 0 spiro atoms. The van der Waals surface area contributed by atoms with Crippen LogP contribution in [0, 0.1) is 18.7 Å². The Morgan fingerprint density at radius 1 is 0.521 bits per heavy atom. The third kappa shape index (κ3) is 9.70. The molecule has 73 heavy (non-hydrogen) atoms. The average Bonchev–Trinajstić information content (AvgIpc) is 4.02. The third-order valence-corrected chi connectivity index (χ3v) is 13.4. The van der Waals surface area contributed by atoms with Crippen LogP contribution >= 0.6 is 0 Å². The molecule has 0 unspecified atom stereocenters.